The minimum Gasteiger partial charge on any atom is -0.336 e. The lowest BCUT2D eigenvalue weighted by Gasteiger charge is -2.14. The van der Waals surface area contributed by atoms with Crippen LogP contribution in [0.4, 0.5) is 0 Å². The molecule has 2 nitrogen and oxygen atoms in total. The smallest absolute Gasteiger partial charge is 0.175 e. The Labute approximate surface area is 81.0 Å². The number of aromatic amines is 2. The van der Waals surface area contributed by atoms with E-state index in [0.717, 1.165) is 17.5 Å². The molecule has 0 amide bonds. The van der Waals surface area contributed by atoms with Gasteiger partial charge in [0.2, 0.25) is 0 Å². The fraction of sp³-hybridized carbons (Fsp3) is 0.500. The van der Waals surface area contributed by atoms with Crippen molar-refractivity contribution in [3.05, 3.63) is 20.7 Å². The van der Waals surface area contributed by atoms with Crippen LogP contribution in [0.1, 0.15) is 24.1 Å². The molecule has 1 aliphatic rings. The number of nitrogens with one attached hydrogen (secondary N) is 2. The summed E-state index contributed by atoms with van der Waals surface area (Å²) in [5.41, 5.74) is 2.51. The molecule has 4 heteroatoms. The van der Waals surface area contributed by atoms with Crippen molar-refractivity contribution in [1.82, 2.24) is 9.97 Å². The van der Waals surface area contributed by atoms with E-state index in [1.54, 1.807) is 0 Å². The summed E-state index contributed by atoms with van der Waals surface area (Å²) in [5, 5.41) is 0. The van der Waals surface area contributed by atoms with Gasteiger partial charge in [0, 0.05) is 11.3 Å². The van der Waals surface area contributed by atoms with E-state index < -0.39 is 0 Å². The molecule has 0 bridgehead atoms. The molecule has 0 aliphatic heterocycles. The molecular weight excluding hydrogens is 188 g/mol. The average molecular weight is 198 g/mol. The molecule has 0 fully saturated rings. The highest BCUT2D eigenvalue weighted by Crippen LogP contribution is 2.18. The van der Waals surface area contributed by atoms with Crippen LogP contribution in [0.25, 0.3) is 0 Å². The van der Waals surface area contributed by atoms with Crippen LogP contribution in [0, 0.1) is 9.41 Å². The van der Waals surface area contributed by atoms with E-state index in [2.05, 4.69) is 9.97 Å². The van der Waals surface area contributed by atoms with Crippen LogP contribution in [0.5, 0.6) is 0 Å². The summed E-state index contributed by atoms with van der Waals surface area (Å²) in [4.78, 5) is 6.13. The average Bonchev–Trinajstić information content (AvgIpc) is 2.04. The van der Waals surface area contributed by atoms with Gasteiger partial charge in [0.15, 0.2) is 4.77 Å². The highest BCUT2D eigenvalue weighted by atomic mass is 32.1. The first-order valence-electron chi connectivity index (χ1n) is 4.12. The van der Waals surface area contributed by atoms with Crippen LogP contribution >= 0.6 is 24.4 Å². The SMILES string of the molecule is S=c1[nH]c2c(c(=S)[nH]1)CCCC2. The molecule has 0 aromatic carbocycles. The second-order valence-corrected chi connectivity index (χ2v) is 3.89. The zero-order chi connectivity index (χ0) is 8.55. The zero-order valence-corrected chi connectivity index (χ0v) is 8.28. The second-order valence-electron chi connectivity index (χ2n) is 3.07. The van der Waals surface area contributed by atoms with Crippen LogP contribution in [-0.4, -0.2) is 9.97 Å². The fourth-order valence-electron chi connectivity index (χ4n) is 1.64. The third-order valence-electron chi connectivity index (χ3n) is 2.23. The fourth-order valence-corrected chi connectivity index (χ4v) is 2.26. The van der Waals surface area contributed by atoms with E-state index in [0.29, 0.717) is 4.77 Å². The molecule has 0 spiro atoms. The molecule has 1 heterocycles. The lowest BCUT2D eigenvalue weighted by atomic mass is 9.98. The maximum absolute atomic E-state index is 5.18. The third kappa shape index (κ3) is 1.36. The van der Waals surface area contributed by atoms with Crippen molar-refractivity contribution in [3.63, 3.8) is 0 Å². The molecule has 64 valence electrons. The summed E-state index contributed by atoms with van der Waals surface area (Å²) in [6.07, 6.45) is 4.68. The summed E-state index contributed by atoms with van der Waals surface area (Å²) < 4.78 is 1.48. The Morgan fingerprint density at radius 2 is 1.75 bits per heavy atom. The van der Waals surface area contributed by atoms with Crippen molar-refractivity contribution in [2.24, 2.45) is 0 Å². The van der Waals surface area contributed by atoms with Crippen molar-refractivity contribution in [2.75, 3.05) is 0 Å². The Hall–Kier alpha value is -0.480. The maximum Gasteiger partial charge on any atom is 0.175 e. The molecule has 1 aliphatic carbocycles. The minimum atomic E-state index is 0.653. The standard InChI is InChI=1S/C8H10N2S2/c11-7-5-3-1-2-4-6(5)9-8(12)10-7/h1-4H2,(H2,9,10,11,12). The quantitative estimate of drug-likeness (QED) is 0.628. The molecule has 2 rings (SSSR count). The van der Waals surface area contributed by atoms with Gasteiger partial charge in [-0.15, -0.1) is 0 Å². The first-order valence-corrected chi connectivity index (χ1v) is 4.93. The Morgan fingerprint density at radius 3 is 2.58 bits per heavy atom. The van der Waals surface area contributed by atoms with E-state index in [4.69, 9.17) is 24.4 Å². The monoisotopic (exact) mass is 198 g/mol. The van der Waals surface area contributed by atoms with E-state index in [1.165, 1.54) is 24.1 Å². The summed E-state index contributed by atoms with van der Waals surface area (Å²) in [6, 6.07) is 0. The van der Waals surface area contributed by atoms with Crippen molar-refractivity contribution in [3.8, 4) is 0 Å². The number of aryl methyl sites for hydroxylation is 1. The van der Waals surface area contributed by atoms with Crippen molar-refractivity contribution >= 4 is 24.4 Å². The van der Waals surface area contributed by atoms with Crippen LogP contribution in [-0.2, 0) is 12.8 Å². The van der Waals surface area contributed by atoms with Crippen molar-refractivity contribution in [1.29, 1.82) is 0 Å². The van der Waals surface area contributed by atoms with Gasteiger partial charge >= 0.3 is 0 Å². The maximum atomic E-state index is 5.18. The molecule has 0 unspecified atom stereocenters. The largest absolute Gasteiger partial charge is 0.336 e. The molecular formula is C8H10N2S2. The number of hydrogen-bond acceptors (Lipinski definition) is 2. The first kappa shape index (κ1) is 8.13. The highest BCUT2D eigenvalue weighted by molar-refractivity contribution is 7.72. The van der Waals surface area contributed by atoms with Crippen molar-refractivity contribution < 1.29 is 0 Å². The molecule has 1 aromatic rings. The van der Waals surface area contributed by atoms with E-state index in [9.17, 15) is 0 Å². The van der Waals surface area contributed by atoms with Gasteiger partial charge in [0.25, 0.3) is 0 Å². The number of aromatic nitrogens is 2. The summed E-state index contributed by atoms with van der Waals surface area (Å²) in [7, 11) is 0. The number of H-pyrrole nitrogens is 2. The first-order chi connectivity index (χ1) is 5.77. The number of hydrogen-bond donors (Lipinski definition) is 2. The van der Waals surface area contributed by atoms with E-state index in [1.807, 2.05) is 0 Å². The van der Waals surface area contributed by atoms with Crippen LogP contribution in [0.15, 0.2) is 0 Å². The zero-order valence-electron chi connectivity index (χ0n) is 6.64. The topological polar surface area (TPSA) is 31.6 Å². The molecule has 0 saturated carbocycles. The van der Waals surface area contributed by atoms with Crippen LogP contribution in [0.2, 0.25) is 0 Å². The Kier molecular flexibility index (Phi) is 2.11. The Balaban J connectivity index is 2.68. The lowest BCUT2D eigenvalue weighted by molar-refractivity contribution is 0.658. The lowest BCUT2D eigenvalue weighted by Crippen LogP contribution is -2.07. The van der Waals surface area contributed by atoms with Gasteiger partial charge < -0.3 is 9.97 Å². The van der Waals surface area contributed by atoms with Gasteiger partial charge in [-0.2, -0.15) is 0 Å². The number of rotatable bonds is 0. The molecule has 2 N–H and O–H groups in total. The minimum absolute atomic E-state index is 0.653. The summed E-state index contributed by atoms with van der Waals surface area (Å²) >= 11 is 10.2. The predicted molar refractivity (Wildman–Crippen MR) is 53.5 cm³/mol. The molecule has 0 radical (unpaired) electrons. The predicted octanol–water partition coefficient (Wildman–Crippen LogP) is 2.68. The van der Waals surface area contributed by atoms with Crippen molar-refractivity contribution in [2.45, 2.75) is 25.7 Å². The summed E-state index contributed by atoms with van der Waals surface area (Å²) in [5.74, 6) is 0. The van der Waals surface area contributed by atoms with E-state index >= 15 is 0 Å². The van der Waals surface area contributed by atoms with Gasteiger partial charge in [0.05, 0.1) is 0 Å². The third-order valence-corrected chi connectivity index (χ3v) is 2.79. The Morgan fingerprint density at radius 1 is 1.00 bits per heavy atom. The van der Waals surface area contributed by atoms with Gasteiger partial charge in [-0.25, -0.2) is 0 Å². The molecule has 0 atom stereocenters. The molecule has 0 saturated heterocycles. The number of fused-ring (bicyclic) bond motifs is 1. The van der Waals surface area contributed by atoms with Gasteiger partial charge in [-0.1, -0.05) is 12.2 Å². The second kappa shape index (κ2) is 3.11. The molecule has 1 aromatic heterocycles. The van der Waals surface area contributed by atoms with Crippen LogP contribution in [0.3, 0.4) is 0 Å². The highest BCUT2D eigenvalue weighted by Gasteiger charge is 2.10. The Bertz CT molecular complexity index is 402. The van der Waals surface area contributed by atoms with Gasteiger partial charge in [0.1, 0.15) is 4.64 Å². The van der Waals surface area contributed by atoms with Gasteiger partial charge in [-0.05, 0) is 37.9 Å². The van der Waals surface area contributed by atoms with E-state index in [-0.39, 0.29) is 0 Å². The normalized spacial score (nSPS) is 15.7. The van der Waals surface area contributed by atoms with Gasteiger partial charge in [-0.3, -0.25) is 0 Å². The van der Waals surface area contributed by atoms with Crippen LogP contribution < -0.4 is 0 Å². The summed E-state index contributed by atoms with van der Waals surface area (Å²) in [6.45, 7) is 0. The molecule has 12 heavy (non-hydrogen) atoms.